The topological polar surface area (TPSA) is 97.9 Å². The number of halogens is 4. The van der Waals surface area contributed by atoms with Crippen LogP contribution in [0.2, 0.25) is 0 Å². The van der Waals surface area contributed by atoms with Crippen molar-refractivity contribution in [3.8, 4) is 5.75 Å². The second-order valence-electron chi connectivity index (χ2n) is 8.94. The standard InChI is InChI=1S/C25H24F4N4O4/c1-14-9-17(5-6-20(14)26)21(16-3-4-16)30-22(34)18-10-15(11-19(12-18)37-25(27,28)29)13-33-8-7-32(2)23(33)31-24(35)36/h5-12,16,21H,3-4,13H2,1-2H3,(H,30,34)(H,35,36). The summed E-state index contributed by atoms with van der Waals surface area (Å²) in [6.07, 6.45) is -1.67. The van der Waals surface area contributed by atoms with Crippen LogP contribution in [0.25, 0.3) is 0 Å². The number of benzene rings is 2. The van der Waals surface area contributed by atoms with E-state index in [-0.39, 0.29) is 35.0 Å². The maximum absolute atomic E-state index is 13.8. The quantitative estimate of drug-likeness (QED) is 0.442. The van der Waals surface area contributed by atoms with E-state index in [9.17, 15) is 27.2 Å². The Morgan fingerprint density at radius 2 is 1.92 bits per heavy atom. The van der Waals surface area contributed by atoms with Crippen molar-refractivity contribution in [1.29, 1.82) is 0 Å². The lowest BCUT2D eigenvalue weighted by Gasteiger charge is -2.20. The van der Waals surface area contributed by atoms with E-state index in [1.54, 1.807) is 26.1 Å². The fourth-order valence-electron chi connectivity index (χ4n) is 4.13. The fraction of sp³-hybridized carbons (Fsp3) is 0.320. The van der Waals surface area contributed by atoms with Gasteiger partial charge in [-0.05, 0) is 66.6 Å². The van der Waals surface area contributed by atoms with Gasteiger partial charge in [-0.2, -0.15) is 0 Å². The summed E-state index contributed by atoms with van der Waals surface area (Å²) in [5.74, 6) is -1.47. The van der Waals surface area contributed by atoms with Crippen LogP contribution >= 0.6 is 0 Å². The highest BCUT2D eigenvalue weighted by Crippen LogP contribution is 2.41. The molecule has 1 unspecified atom stereocenters. The van der Waals surface area contributed by atoms with Gasteiger partial charge >= 0.3 is 12.5 Å². The lowest BCUT2D eigenvalue weighted by atomic mass is 9.99. The summed E-state index contributed by atoms with van der Waals surface area (Å²) in [4.78, 5) is 27.8. The first kappa shape index (κ1) is 26.0. The first-order chi connectivity index (χ1) is 17.4. The molecule has 1 saturated carbocycles. The van der Waals surface area contributed by atoms with Crippen LogP contribution in [0.1, 0.15) is 45.9 Å². The summed E-state index contributed by atoms with van der Waals surface area (Å²) in [7, 11) is 1.56. The highest BCUT2D eigenvalue weighted by Gasteiger charge is 2.35. The Morgan fingerprint density at radius 3 is 2.54 bits per heavy atom. The van der Waals surface area contributed by atoms with Crippen LogP contribution < -0.4 is 15.7 Å². The fourth-order valence-corrected chi connectivity index (χ4v) is 4.13. The molecule has 0 saturated heterocycles. The molecule has 37 heavy (non-hydrogen) atoms. The van der Waals surface area contributed by atoms with Crippen molar-refractivity contribution in [2.45, 2.75) is 38.7 Å². The van der Waals surface area contributed by atoms with Gasteiger partial charge in [-0.25, -0.2) is 9.18 Å². The van der Waals surface area contributed by atoms with E-state index in [1.807, 2.05) is 0 Å². The number of carboxylic acid groups (broad SMARTS) is 1. The number of amides is 2. The Kier molecular flexibility index (Phi) is 7.10. The molecule has 1 atom stereocenters. The molecule has 0 aliphatic heterocycles. The summed E-state index contributed by atoms with van der Waals surface area (Å²) >= 11 is 0. The van der Waals surface area contributed by atoms with Gasteiger partial charge in [-0.1, -0.05) is 12.1 Å². The normalized spacial score (nSPS) is 14.9. The van der Waals surface area contributed by atoms with Gasteiger partial charge in [0.1, 0.15) is 11.6 Å². The van der Waals surface area contributed by atoms with Crippen LogP contribution in [0.4, 0.5) is 22.4 Å². The van der Waals surface area contributed by atoms with E-state index in [0.29, 0.717) is 11.1 Å². The molecule has 4 rings (SSSR count). The van der Waals surface area contributed by atoms with E-state index in [0.717, 1.165) is 25.0 Å². The van der Waals surface area contributed by atoms with Gasteiger partial charge in [0.25, 0.3) is 5.91 Å². The van der Waals surface area contributed by atoms with Crippen molar-refractivity contribution in [2.24, 2.45) is 18.0 Å². The number of aromatic nitrogens is 2. The molecule has 1 aliphatic rings. The minimum Gasteiger partial charge on any atom is -0.463 e. The summed E-state index contributed by atoms with van der Waals surface area (Å²) in [5.41, 5.74) is 1.35. The first-order valence-electron chi connectivity index (χ1n) is 11.4. The maximum atomic E-state index is 13.8. The highest BCUT2D eigenvalue weighted by atomic mass is 19.4. The highest BCUT2D eigenvalue weighted by molar-refractivity contribution is 5.95. The van der Waals surface area contributed by atoms with Crippen molar-refractivity contribution in [2.75, 3.05) is 0 Å². The third kappa shape index (κ3) is 6.57. The van der Waals surface area contributed by atoms with Crippen LogP contribution in [0.3, 0.4) is 0 Å². The molecular weight excluding hydrogens is 496 g/mol. The van der Waals surface area contributed by atoms with Crippen molar-refractivity contribution in [3.05, 3.63) is 82.5 Å². The van der Waals surface area contributed by atoms with E-state index < -0.39 is 30.2 Å². The molecule has 0 radical (unpaired) electrons. The number of nitrogens with zero attached hydrogens (tertiary/aromatic N) is 3. The molecule has 1 heterocycles. The molecule has 1 fully saturated rings. The second kappa shape index (κ2) is 10.1. The number of ether oxygens (including phenoxy) is 1. The third-order valence-electron chi connectivity index (χ3n) is 5.97. The van der Waals surface area contributed by atoms with Gasteiger partial charge in [-0.15, -0.1) is 18.2 Å². The smallest absolute Gasteiger partial charge is 0.463 e. The van der Waals surface area contributed by atoms with Gasteiger partial charge in [-0.3, -0.25) is 4.79 Å². The Morgan fingerprint density at radius 1 is 1.19 bits per heavy atom. The number of alkyl halides is 3. The molecule has 12 heteroatoms. The second-order valence-corrected chi connectivity index (χ2v) is 8.94. The number of carbonyl (C=O) groups is 2. The van der Waals surface area contributed by atoms with Crippen molar-refractivity contribution in [1.82, 2.24) is 14.5 Å². The molecule has 2 amide bonds. The molecule has 0 spiro atoms. The van der Waals surface area contributed by atoms with Crippen LogP contribution in [0.5, 0.6) is 5.75 Å². The summed E-state index contributed by atoms with van der Waals surface area (Å²) < 4.78 is 59.8. The summed E-state index contributed by atoms with van der Waals surface area (Å²) in [6.45, 7) is 1.53. The number of carbonyl (C=O) groups excluding carboxylic acids is 1. The van der Waals surface area contributed by atoms with E-state index in [2.05, 4.69) is 15.0 Å². The third-order valence-corrected chi connectivity index (χ3v) is 5.97. The van der Waals surface area contributed by atoms with Gasteiger partial charge in [0.05, 0.1) is 12.6 Å². The number of hydrogen-bond donors (Lipinski definition) is 2. The number of hydrogen-bond acceptors (Lipinski definition) is 3. The van der Waals surface area contributed by atoms with Crippen LogP contribution in [-0.2, 0) is 13.6 Å². The maximum Gasteiger partial charge on any atom is 0.573 e. The zero-order chi connectivity index (χ0) is 26.9. The summed E-state index contributed by atoms with van der Waals surface area (Å²) in [6, 6.07) is 7.63. The van der Waals surface area contributed by atoms with Crippen LogP contribution in [-0.4, -0.2) is 32.6 Å². The zero-order valence-corrected chi connectivity index (χ0v) is 19.9. The Labute approximate surface area is 208 Å². The number of rotatable bonds is 7. The molecule has 196 valence electrons. The molecule has 0 bridgehead atoms. The van der Waals surface area contributed by atoms with Gasteiger partial charge in [0, 0.05) is 25.0 Å². The van der Waals surface area contributed by atoms with Gasteiger partial charge in [0.15, 0.2) is 0 Å². The number of nitrogens with one attached hydrogen (secondary N) is 1. The van der Waals surface area contributed by atoms with Crippen LogP contribution in [0.15, 0.2) is 53.8 Å². The lowest BCUT2D eigenvalue weighted by molar-refractivity contribution is -0.274. The Balaban J connectivity index is 1.67. The predicted molar refractivity (Wildman–Crippen MR) is 123 cm³/mol. The molecule has 3 aromatic rings. The van der Waals surface area contributed by atoms with E-state index in [4.69, 9.17) is 5.11 Å². The van der Waals surface area contributed by atoms with E-state index >= 15 is 0 Å². The first-order valence-corrected chi connectivity index (χ1v) is 11.4. The molecule has 8 nitrogen and oxygen atoms in total. The SMILES string of the molecule is Cc1cc(C(NC(=O)c2cc(Cn3ccn(C)c3=NC(=O)O)cc(OC(F)(F)F)c2)C2CC2)ccc1F. The predicted octanol–water partition coefficient (Wildman–Crippen LogP) is 4.68. The molecule has 1 aromatic heterocycles. The average Bonchev–Trinajstić information content (AvgIpc) is 3.59. The van der Waals surface area contributed by atoms with Crippen molar-refractivity contribution < 1.29 is 37.0 Å². The molecule has 1 aliphatic carbocycles. The zero-order valence-electron chi connectivity index (χ0n) is 19.9. The largest absolute Gasteiger partial charge is 0.573 e. The monoisotopic (exact) mass is 520 g/mol. The minimum atomic E-state index is -4.99. The van der Waals surface area contributed by atoms with Gasteiger partial charge < -0.3 is 24.3 Å². The average molecular weight is 520 g/mol. The Hall–Kier alpha value is -4.09. The Bertz CT molecular complexity index is 1410. The van der Waals surface area contributed by atoms with E-state index in [1.165, 1.54) is 33.7 Å². The van der Waals surface area contributed by atoms with Crippen molar-refractivity contribution in [3.63, 3.8) is 0 Å². The number of aryl methyl sites for hydroxylation is 2. The summed E-state index contributed by atoms with van der Waals surface area (Å²) in [5, 5.41) is 11.9. The van der Waals surface area contributed by atoms with Crippen LogP contribution in [0, 0.1) is 18.7 Å². The van der Waals surface area contributed by atoms with Gasteiger partial charge in [0.2, 0.25) is 5.62 Å². The molecule has 2 aromatic carbocycles. The number of imidazole rings is 1. The lowest BCUT2D eigenvalue weighted by Crippen LogP contribution is -2.30. The minimum absolute atomic E-state index is 0.0427. The molecular formula is C25H24F4N4O4. The van der Waals surface area contributed by atoms with Crippen molar-refractivity contribution >= 4 is 12.0 Å². The molecule has 2 N–H and O–H groups in total.